The molecular formula is C27H28F3NO3. The molecule has 0 unspecified atom stereocenters. The minimum Gasteiger partial charge on any atom is -0.489 e. The van der Waals surface area contributed by atoms with Gasteiger partial charge < -0.3 is 14.5 Å². The Morgan fingerprint density at radius 3 is 2.62 bits per heavy atom. The van der Waals surface area contributed by atoms with Crippen LogP contribution in [-0.2, 0) is 22.3 Å². The summed E-state index contributed by atoms with van der Waals surface area (Å²) < 4.78 is 52.0. The maximum atomic E-state index is 13.7. The van der Waals surface area contributed by atoms with Crippen LogP contribution in [0.4, 0.5) is 13.2 Å². The zero-order valence-electron chi connectivity index (χ0n) is 19.3. The first kappa shape index (κ1) is 23.9. The molecule has 1 N–H and O–H groups in total. The normalized spacial score (nSPS) is 14.9. The van der Waals surface area contributed by atoms with E-state index in [1.807, 2.05) is 19.1 Å². The monoisotopic (exact) mass is 471 g/mol. The van der Waals surface area contributed by atoms with E-state index in [1.165, 1.54) is 12.1 Å². The molecule has 0 atom stereocenters. The van der Waals surface area contributed by atoms with Gasteiger partial charge >= 0.3 is 12.1 Å². The second kappa shape index (κ2) is 9.95. The van der Waals surface area contributed by atoms with Crippen molar-refractivity contribution in [3.8, 4) is 5.75 Å². The Bertz CT molecular complexity index is 1200. The van der Waals surface area contributed by atoms with Crippen LogP contribution in [0, 0.1) is 6.92 Å². The van der Waals surface area contributed by atoms with E-state index in [4.69, 9.17) is 9.47 Å². The third-order valence-corrected chi connectivity index (χ3v) is 6.36. The number of H-pyrrole nitrogens is 1. The molecule has 1 saturated carbocycles. The summed E-state index contributed by atoms with van der Waals surface area (Å²) in [6, 6.07) is 10.1. The average molecular weight is 472 g/mol. The van der Waals surface area contributed by atoms with Crippen LogP contribution in [0.15, 0.2) is 42.5 Å². The van der Waals surface area contributed by atoms with Crippen molar-refractivity contribution in [2.45, 2.75) is 58.2 Å². The van der Waals surface area contributed by atoms with E-state index in [1.54, 1.807) is 31.2 Å². The van der Waals surface area contributed by atoms with Crippen LogP contribution in [0.1, 0.15) is 66.5 Å². The Kier molecular flexibility index (Phi) is 7.00. The molecule has 1 aliphatic carbocycles. The van der Waals surface area contributed by atoms with Crippen LogP contribution in [0.2, 0.25) is 0 Å². The highest BCUT2D eigenvalue weighted by Gasteiger charge is 2.36. The van der Waals surface area contributed by atoms with Crippen LogP contribution in [0.3, 0.4) is 0 Å². The summed E-state index contributed by atoms with van der Waals surface area (Å²) in [5.41, 5.74) is 2.92. The Balaban J connectivity index is 1.52. The molecule has 0 bridgehead atoms. The highest BCUT2D eigenvalue weighted by atomic mass is 19.4. The van der Waals surface area contributed by atoms with E-state index in [2.05, 4.69) is 4.98 Å². The van der Waals surface area contributed by atoms with Gasteiger partial charge in [0.25, 0.3) is 0 Å². The van der Waals surface area contributed by atoms with Gasteiger partial charge in [0.05, 0.1) is 12.2 Å². The number of hydrogen-bond acceptors (Lipinski definition) is 3. The van der Waals surface area contributed by atoms with Gasteiger partial charge in [-0.3, -0.25) is 0 Å². The highest BCUT2D eigenvalue weighted by molar-refractivity contribution is 5.91. The zero-order valence-corrected chi connectivity index (χ0v) is 19.3. The van der Waals surface area contributed by atoms with E-state index in [-0.39, 0.29) is 12.5 Å². The summed E-state index contributed by atoms with van der Waals surface area (Å²) in [7, 11) is 0. The van der Waals surface area contributed by atoms with Crippen molar-refractivity contribution < 1.29 is 27.4 Å². The summed E-state index contributed by atoms with van der Waals surface area (Å²) in [4.78, 5) is 14.8. The van der Waals surface area contributed by atoms with E-state index in [0.29, 0.717) is 23.5 Å². The number of nitrogens with one attached hydrogen (secondary N) is 1. The van der Waals surface area contributed by atoms with E-state index in [9.17, 15) is 18.0 Å². The Labute approximate surface area is 196 Å². The molecule has 4 rings (SSSR count). The van der Waals surface area contributed by atoms with Crippen molar-refractivity contribution in [3.05, 3.63) is 70.4 Å². The van der Waals surface area contributed by atoms with Gasteiger partial charge in [-0.05, 0) is 79.6 Å². The molecule has 0 aliphatic heterocycles. The lowest BCUT2D eigenvalue weighted by atomic mass is 9.91. The van der Waals surface area contributed by atoms with E-state index in [0.717, 1.165) is 47.8 Å². The lowest BCUT2D eigenvalue weighted by molar-refractivity contribution is -0.138. The zero-order chi connectivity index (χ0) is 24.3. The molecule has 1 fully saturated rings. The van der Waals surface area contributed by atoms with Crippen molar-refractivity contribution >= 4 is 22.9 Å². The number of rotatable bonds is 7. The number of fused-ring (bicyclic) bond motifs is 1. The van der Waals surface area contributed by atoms with Gasteiger partial charge in [-0.25, -0.2) is 4.79 Å². The fourth-order valence-corrected chi connectivity index (χ4v) is 4.62. The lowest BCUT2D eigenvalue weighted by Gasteiger charge is -2.19. The molecule has 180 valence electrons. The van der Waals surface area contributed by atoms with Crippen molar-refractivity contribution in [1.29, 1.82) is 0 Å². The quantitative estimate of drug-likeness (QED) is 0.290. The van der Waals surface area contributed by atoms with Crippen LogP contribution >= 0.6 is 0 Å². The highest BCUT2D eigenvalue weighted by Crippen LogP contribution is 2.42. The number of ether oxygens (including phenoxy) is 2. The summed E-state index contributed by atoms with van der Waals surface area (Å²) >= 11 is 0. The van der Waals surface area contributed by atoms with Gasteiger partial charge in [-0.1, -0.05) is 25.0 Å². The van der Waals surface area contributed by atoms with Crippen LogP contribution in [0.25, 0.3) is 17.0 Å². The molecule has 0 spiro atoms. The molecule has 0 radical (unpaired) electrons. The molecule has 1 heterocycles. The first-order valence-corrected chi connectivity index (χ1v) is 11.6. The molecule has 1 aliphatic rings. The molecule has 1 aromatic heterocycles. The summed E-state index contributed by atoms with van der Waals surface area (Å²) in [6.07, 6.45) is 2.23. The summed E-state index contributed by atoms with van der Waals surface area (Å²) in [5, 5.41) is 0.911. The number of aryl methyl sites for hydroxylation is 1. The maximum absolute atomic E-state index is 13.7. The minimum absolute atomic E-state index is 0.0161. The first-order chi connectivity index (χ1) is 16.3. The second-order valence-electron chi connectivity index (χ2n) is 8.65. The predicted molar refractivity (Wildman–Crippen MR) is 126 cm³/mol. The van der Waals surface area contributed by atoms with Gasteiger partial charge in [0.2, 0.25) is 0 Å². The third-order valence-electron chi connectivity index (χ3n) is 6.36. The number of benzene rings is 2. The third kappa shape index (κ3) is 5.29. The Morgan fingerprint density at radius 2 is 1.91 bits per heavy atom. The van der Waals surface area contributed by atoms with E-state index < -0.39 is 17.7 Å². The average Bonchev–Trinajstić information content (AvgIpc) is 3.44. The number of alkyl halides is 3. The molecular weight excluding hydrogens is 443 g/mol. The summed E-state index contributed by atoms with van der Waals surface area (Å²) in [5.74, 6) is 0.128. The van der Waals surface area contributed by atoms with Crippen LogP contribution in [0.5, 0.6) is 5.75 Å². The minimum atomic E-state index is -4.39. The van der Waals surface area contributed by atoms with Gasteiger partial charge in [-0.2, -0.15) is 13.2 Å². The number of aromatic amines is 1. The van der Waals surface area contributed by atoms with Crippen LogP contribution < -0.4 is 4.74 Å². The van der Waals surface area contributed by atoms with Gasteiger partial charge in [0, 0.05) is 22.7 Å². The Hall–Kier alpha value is -3.22. The van der Waals surface area contributed by atoms with Crippen molar-refractivity contribution in [2.75, 3.05) is 6.61 Å². The van der Waals surface area contributed by atoms with E-state index >= 15 is 0 Å². The standard InChI is InChI=1S/C27H28F3NO3/c1-3-33-26(32)13-12-24-17(2)22-15-20(9-11-25(22)31-24)34-16-18-8-10-21(19-6-4-5-7-19)23(14-18)27(28,29)30/h8-15,19,31H,3-7,16H2,1-2H3/b13-12+. The molecule has 2 aromatic carbocycles. The number of carbonyl (C=O) groups is 1. The van der Waals surface area contributed by atoms with Gasteiger partial charge in [0.15, 0.2) is 0 Å². The first-order valence-electron chi connectivity index (χ1n) is 11.6. The van der Waals surface area contributed by atoms with Crippen molar-refractivity contribution in [2.24, 2.45) is 0 Å². The molecule has 7 heteroatoms. The fraction of sp³-hybridized carbons (Fsp3) is 0.370. The number of carbonyl (C=O) groups excluding carboxylic acids is 1. The number of halogens is 3. The largest absolute Gasteiger partial charge is 0.489 e. The molecule has 0 saturated heterocycles. The van der Waals surface area contributed by atoms with Crippen molar-refractivity contribution in [1.82, 2.24) is 4.98 Å². The van der Waals surface area contributed by atoms with Gasteiger partial charge in [-0.15, -0.1) is 0 Å². The lowest BCUT2D eigenvalue weighted by Crippen LogP contribution is -2.12. The molecule has 3 aromatic rings. The molecule has 4 nitrogen and oxygen atoms in total. The fourth-order valence-electron chi connectivity index (χ4n) is 4.62. The predicted octanol–water partition coefficient (Wildman–Crippen LogP) is 7.31. The number of esters is 1. The SMILES string of the molecule is CCOC(=O)/C=C/c1[nH]c2ccc(OCc3ccc(C4CCCC4)c(C(F)(F)F)c3)cc2c1C. The number of hydrogen-bond donors (Lipinski definition) is 1. The summed E-state index contributed by atoms with van der Waals surface area (Å²) in [6.45, 7) is 4.02. The topological polar surface area (TPSA) is 51.3 Å². The molecule has 34 heavy (non-hydrogen) atoms. The van der Waals surface area contributed by atoms with Gasteiger partial charge in [0.1, 0.15) is 12.4 Å². The number of aromatic nitrogens is 1. The Morgan fingerprint density at radius 1 is 1.15 bits per heavy atom. The second-order valence-corrected chi connectivity index (χ2v) is 8.65. The maximum Gasteiger partial charge on any atom is 0.416 e. The van der Waals surface area contributed by atoms with Crippen molar-refractivity contribution in [3.63, 3.8) is 0 Å². The van der Waals surface area contributed by atoms with Crippen LogP contribution in [-0.4, -0.2) is 17.6 Å². The smallest absolute Gasteiger partial charge is 0.416 e. The molecule has 0 amide bonds.